The lowest BCUT2D eigenvalue weighted by molar-refractivity contribution is 0.0498. The van der Waals surface area contributed by atoms with Crippen molar-refractivity contribution in [3.8, 4) is 5.75 Å². The molecular formula is C20H20N2O3S. The monoisotopic (exact) mass is 368 g/mol. The third-order valence-corrected chi connectivity index (χ3v) is 5.12. The molecule has 26 heavy (non-hydrogen) atoms. The molecule has 0 aliphatic carbocycles. The topological polar surface area (TPSA) is 50.8 Å². The highest BCUT2D eigenvalue weighted by Gasteiger charge is 2.48. The Hall–Kier alpha value is -2.60. The van der Waals surface area contributed by atoms with E-state index in [1.807, 2.05) is 42.2 Å². The molecule has 4 rings (SSSR count). The van der Waals surface area contributed by atoms with Crippen LogP contribution >= 0.6 is 12.2 Å². The Morgan fingerprint density at radius 2 is 2.04 bits per heavy atom. The zero-order valence-electron chi connectivity index (χ0n) is 14.7. The number of ether oxygens (including phenoxy) is 2. The van der Waals surface area contributed by atoms with E-state index in [9.17, 15) is 4.79 Å². The normalized spacial score (nSPS) is 23.5. The number of nitrogens with one attached hydrogen (secondary N) is 1. The summed E-state index contributed by atoms with van der Waals surface area (Å²) in [6.07, 6.45) is 0.768. The summed E-state index contributed by atoms with van der Waals surface area (Å²) in [5.74, 6) is 0.543. The van der Waals surface area contributed by atoms with Gasteiger partial charge in [0.25, 0.3) is 0 Å². The van der Waals surface area contributed by atoms with Crippen LogP contribution in [0.4, 0.5) is 5.69 Å². The summed E-state index contributed by atoms with van der Waals surface area (Å²) in [5, 5.41) is 4.03. The van der Waals surface area contributed by atoms with Crippen molar-refractivity contribution in [3.63, 3.8) is 0 Å². The minimum atomic E-state index is -0.590. The Bertz CT molecular complexity index is 868. The molecule has 6 heteroatoms. The van der Waals surface area contributed by atoms with E-state index in [0.717, 1.165) is 23.4 Å². The molecule has 1 saturated heterocycles. The molecule has 2 atom stereocenters. The highest BCUT2D eigenvalue weighted by molar-refractivity contribution is 7.80. The highest BCUT2D eigenvalue weighted by atomic mass is 32.1. The summed E-state index contributed by atoms with van der Waals surface area (Å²) in [7, 11) is 0. The van der Waals surface area contributed by atoms with E-state index >= 15 is 0 Å². The van der Waals surface area contributed by atoms with Gasteiger partial charge in [-0.2, -0.15) is 0 Å². The van der Waals surface area contributed by atoms with Gasteiger partial charge in [-0.3, -0.25) is 4.90 Å². The summed E-state index contributed by atoms with van der Waals surface area (Å²) >= 11 is 5.63. The van der Waals surface area contributed by atoms with Gasteiger partial charge in [0, 0.05) is 17.7 Å². The fourth-order valence-corrected chi connectivity index (χ4v) is 4.11. The van der Waals surface area contributed by atoms with Crippen molar-refractivity contribution in [1.29, 1.82) is 0 Å². The maximum absolute atomic E-state index is 11.9. The van der Waals surface area contributed by atoms with Crippen molar-refractivity contribution in [1.82, 2.24) is 5.32 Å². The standard InChI is InChI=1S/C20H20N2O3S/c1-3-24-18(23)13-8-10-14(11-9-13)22-19(26)21-16-12-20(22,2)25-17-7-5-4-6-15(16)17/h4-11,16H,3,12H2,1-2H3,(H,21,26)/t16-,20-/m0/s1. The Morgan fingerprint density at radius 1 is 1.31 bits per heavy atom. The van der Waals surface area contributed by atoms with Crippen molar-refractivity contribution in [2.45, 2.75) is 32.0 Å². The second-order valence-electron chi connectivity index (χ2n) is 6.62. The molecule has 0 radical (unpaired) electrons. The zero-order chi connectivity index (χ0) is 18.3. The Morgan fingerprint density at radius 3 is 2.77 bits per heavy atom. The molecule has 1 fully saturated rings. The lowest BCUT2D eigenvalue weighted by Crippen LogP contribution is -2.65. The van der Waals surface area contributed by atoms with Crippen molar-refractivity contribution in [3.05, 3.63) is 59.7 Å². The predicted octanol–water partition coefficient (Wildman–Crippen LogP) is 3.80. The van der Waals surface area contributed by atoms with E-state index in [1.165, 1.54) is 0 Å². The van der Waals surface area contributed by atoms with Crippen LogP contribution in [0, 0.1) is 0 Å². The van der Waals surface area contributed by atoms with E-state index in [1.54, 1.807) is 19.1 Å². The van der Waals surface area contributed by atoms with Crippen LogP contribution in [0.3, 0.4) is 0 Å². The van der Waals surface area contributed by atoms with Crippen LogP contribution in [-0.2, 0) is 4.74 Å². The minimum absolute atomic E-state index is 0.132. The zero-order valence-corrected chi connectivity index (χ0v) is 15.5. The van der Waals surface area contributed by atoms with Gasteiger partial charge in [-0.15, -0.1) is 0 Å². The summed E-state index contributed by atoms with van der Waals surface area (Å²) in [6.45, 7) is 4.19. The van der Waals surface area contributed by atoms with Crippen LogP contribution in [-0.4, -0.2) is 23.4 Å². The van der Waals surface area contributed by atoms with Gasteiger partial charge in [-0.25, -0.2) is 4.79 Å². The van der Waals surface area contributed by atoms with E-state index in [2.05, 4.69) is 11.4 Å². The maximum Gasteiger partial charge on any atom is 0.338 e. The Balaban J connectivity index is 1.67. The van der Waals surface area contributed by atoms with Crippen LogP contribution in [0.15, 0.2) is 48.5 Å². The first-order valence-corrected chi connectivity index (χ1v) is 9.08. The molecule has 2 bridgehead atoms. The molecule has 0 saturated carbocycles. The number of hydrogen-bond acceptors (Lipinski definition) is 4. The van der Waals surface area contributed by atoms with Crippen LogP contribution in [0.2, 0.25) is 0 Å². The lowest BCUT2D eigenvalue weighted by atomic mass is 9.90. The van der Waals surface area contributed by atoms with Crippen LogP contribution < -0.4 is 15.0 Å². The fourth-order valence-electron chi connectivity index (χ4n) is 3.67. The molecule has 5 nitrogen and oxygen atoms in total. The molecule has 2 heterocycles. The Kier molecular flexibility index (Phi) is 4.07. The molecule has 0 unspecified atom stereocenters. The first-order chi connectivity index (χ1) is 12.5. The largest absolute Gasteiger partial charge is 0.467 e. The SMILES string of the molecule is CCOC(=O)c1ccc(N2C(=S)N[C@H]3C[C@]2(C)Oc2ccccc23)cc1. The van der Waals surface area contributed by atoms with Crippen LogP contribution in [0.5, 0.6) is 5.75 Å². The van der Waals surface area contributed by atoms with Crippen molar-refractivity contribution in [2.75, 3.05) is 11.5 Å². The number of fused-ring (bicyclic) bond motifs is 4. The van der Waals surface area contributed by atoms with Gasteiger partial charge in [0.2, 0.25) is 0 Å². The number of carbonyl (C=O) groups is 1. The van der Waals surface area contributed by atoms with Crippen molar-refractivity contribution < 1.29 is 14.3 Å². The third-order valence-electron chi connectivity index (χ3n) is 4.82. The molecule has 2 aliphatic heterocycles. The molecular weight excluding hydrogens is 348 g/mol. The van der Waals surface area contributed by atoms with Crippen LogP contribution in [0.25, 0.3) is 0 Å². The van der Waals surface area contributed by atoms with Crippen LogP contribution in [0.1, 0.15) is 42.2 Å². The second-order valence-corrected chi connectivity index (χ2v) is 7.01. The first-order valence-electron chi connectivity index (χ1n) is 8.68. The first kappa shape index (κ1) is 16.8. The van der Waals surface area contributed by atoms with Gasteiger partial charge in [0.05, 0.1) is 18.2 Å². The van der Waals surface area contributed by atoms with E-state index < -0.39 is 5.72 Å². The number of nitrogens with zero attached hydrogens (tertiary/aromatic N) is 1. The molecule has 2 aromatic carbocycles. The van der Waals surface area contributed by atoms with E-state index in [0.29, 0.717) is 17.3 Å². The van der Waals surface area contributed by atoms with Gasteiger partial charge < -0.3 is 14.8 Å². The summed E-state index contributed by atoms with van der Waals surface area (Å²) < 4.78 is 11.4. The number of benzene rings is 2. The third kappa shape index (κ3) is 2.70. The molecule has 2 aromatic rings. The summed E-state index contributed by atoms with van der Waals surface area (Å²) in [4.78, 5) is 13.8. The average molecular weight is 368 g/mol. The fraction of sp³-hybridized carbons (Fsp3) is 0.300. The summed E-state index contributed by atoms with van der Waals surface area (Å²) in [6, 6.07) is 15.4. The maximum atomic E-state index is 11.9. The van der Waals surface area contributed by atoms with E-state index in [4.69, 9.17) is 21.7 Å². The number of anilines is 1. The highest BCUT2D eigenvalue weighted by Crippen LogP contribution is 2.45. The van der Waals surface area contributed by atoms with Gasteiger partial charge in [0.15, 0.2) is 10.8 Å². The summed E-state index contributed by atoms with van der Waals surface area (Å²) in [5.41, 5.74) is 1.93. The number of esters is 1. The minimum Gasteiger partial charge on any atom is -0.467 e. The molecule has 0 amide bonds. The average Bonchev–Trinajstić information content (AvgIpc) is 2.61. The molecule has 1 N–H and O–H groups in total. The Labute approximate surface area is 157 Å². The number of rotatable bonds is 3. The smallest absolute Gasteiger partial charge is 0.338 e. The van der Waals surface area contributed by atoms with Gasteiger partial charge in [-0.05, 0) is 56.4 Å². The predicted molar refractivity (Wildman–Crippen MR) is 103 cm³/mol. The van der Waals surface area contributed by atoms with E-state index in [-0.39, 0.29) is 12.0 Å². The van der Waals surface area contributed by atoms with Gasteiger partial charge in [-0.1, -0.05) is 18.2 Å². The quantitative estimate of drug-likeness (QED) is 0.657. The number of thiocarbonyl (C=S) groups is 1. The molecule has 0 aromatic heterocycles. The molecule has 0 spiro atoms. The second kappa shape index (κ2) is 6.29. The molecule has 2 aliphatic rings. The number of carbonyl (C=O) groups excluding carboxylic acids is 1. The molecule has 134 valence electrons. The van der Waals surface area contributed by atoms with Crippen molar-refractivity contribution in [2.24, 2.45) is 0 Å². The number of para-hydroxylation sites is 1. The van der Waals surface area contributed by atoms with Gasteiger partial charge >= 0.3 is 5.97 Å². The van der Waals surface area contributed by atoms with Gasteiger partial charge in [0.1, 0.15) is 5.75 Å². The number of hydrogen-bond donors (Lipinski definition) is 1. The van der Waals surface area contributed by atoms with Crippen molar-refractivity contribution >= 4 is 29.0 Å². The lowest BCUT2D eigenvalue weighted by Gasteiger charge is -2.52.